The highest BCUT2D eigenvalue weighted by atomic mass is 32.1. The Kier molecular flexibility index (Phi) is 17.6. The maximum atomic E-state index is 5.04. The molecule has 0 aliphatic rings. The van der Waals surface area contributed by atoms with Crippen molar-refractivity contribution in [3.8, 4) is 93.6 Å². The van der Waals surface area contributed by atoms with E-state index in [1.807, 2.05) is 17.4 Å². The maximum absolute atomic E-state index is 5.04. The first-order valence-electron chi connectivity index (χ1n) is 36.1. The van der Waals surface area contributed by atoms with Crippen molar-refractivity contribution in [2.45, 2.75) is 0 Å². The number of para-hydroxylation sites is 3. The molecular weight excluding hydrogens is 1300 g/mol. The number of thiophene rings is 1. The summed E-state index contributed by atoms with van der Waals surface area (Å²) in [6.07, 6.45) is 0. The molecule has 0 bridgehead atoms. The molecule has 5 heteroatoms. The van der Waals surface area contributed by atoms with Crippen molar-refractivity contribution in [1.82, 2.24) is 9.55 Å². The Morgan fingerprint density at radius 2 is 0.528 bits per heavy atom. The van der Waals surface area contributed by atoms with E-state index in [-0.39, 0.29) is 0 Å². The Balaban J connectivity index is 0.000000157. The molecule has 0 radical (unpaired) electrons. The highest BCUT2D eigenvalue weighted by Gasteiger charge is 2.21. The minimum Gasteiger partial charge on any atom is -0.311 e. The van der Waals surface area contributed by atoms with E-state index in [1.165, 1.54) is 97.7 Å². The van der Waals surface area contributed by atoms with Crippen LogP contribution in [-0.4, -0.2) is 9.55 Å². The average Bonchev–Trinajstić information content (AvgIpc) is 1.27. The van der Waals surface area contributed by atoms with Gasteiger partial charge in [-0.3, -0.25) is 4.57 Å². The van der Waals surface area contributed by atoms with Crippen LogP contribution in [0.5, 0.6) is 0 Å². The quantitative estimate of drug-likeness (QED) is 0.0956. The van der Waals surface area contributed by atoms with Crippen LogP contribution in [0.15, 0.2) is 425 Å². The van der Waals surface area contributed by atoms with Gasteiger partial charge in [0.15, 0.2) is 0 Å². The molecule has 0 aliphatic carbocycles. The van der Waals surface area contributed by atoms with Crippen LogP contribution in [0.2, 0.25) is 0 Å². The lowest BCUT2D eigenvalue weighted by molar-refractivity contribution is 1.10. The Hall–Kier alpha value is -13.7. The third kappa shape index (κ3) is 12.9. The van der Waals surface area contributed by atoms with Gasteiger partial charge in [0.2, 0.25) is 0 Å². The Morgan fingerprint density at radius 1 is 0.217 bits per heavy atom. The van der Waals surface area contributed by atoms with Crippen LogP contribution in [0.3, 0.4) is 0 Å². The molecule has 0 aliphatic heterocycles. The van der Waals surface area contributed by atoms with E-state index in [2.05, 4.69) is 433 Å². The molecule has 19 rings (SSSR count). The summed E-state index contributed by atoms with van der Waals surface area (Å²) >= 11 is 1.83. The zero-order chi connectivity index (χ0) is 70.5. The van der Waals surface area contributed by atoms with Gasteiger partial charge in [-0.2, -0.15) is 0 Å². The summed E-state index contributed by atoms with van der Waals surface area (Å²) < 4.78 is 2.27. The standard InChI is InChI=1S/C58H42N2S.C43H28N2/c1-5-13-43(14-6-1)45-21-31-53(32-22-45)60(54-33-23-46(24-34-54)44-15-7-2-8-16-44)55-37-27-48(28-38-55)47-25-35-52(36-26-47)59(51-19-11-4-12-20-51)56-39-29-50(30-40-56)58-42-41-57(61-58)49-17-9-3-10-18-49;1-2-13-31(14-3-1)43-44-39-20-10-11-21-40(39)45(43)34-26-24-30(25-27-34)41-35-16-6-8-18-37(35)42(38-19-9-7-17-36(38)41)33-23-22-29-12-4-5-15-32(29)28-33/h1-42H;1-28H. The molecule has 0 saturated heterocycles. The predicted molar refractivity (Wildman–Crippen MR) is 451 cm³/mol. The number of fused-ring (bicyclic) bond motifs is 4. The first-order chi connectivity index (χ1) is 52.6. The Morgan fingerprint density at radius 3 is 0.981 bits per heavy atom. The van der Waals surface area contributed by atoms with Crippen molar-refractivity contribution >= 4 is 88.8 Å². The lowest BCUT2D eigenvalue weighted by atomic mass is 9.85. The van der Waals surface area contributed by atoms with E-state index in [9.17, 15) is 0 Å². The molecular formula is C101H70N4S. The summed E-state index contributed by atoms with van der Waals surface area (Å²) in [6.45, 7) is 0. The smallest absolute Gasteiger partial charge is 0.145 e. The van der Waals surface area contributed by atoms with E-state index in [4.69, 9.17) is 4.98 Å². The highest BCUT2D eigenvalue weighted by Crippen LogP contribution is 2.46. The summed E-state index contributed by atoms with van der Waals surface area (Å²) in [5.74, 6) is 0.945. The maximum Gasteiger partial charge on any atom is 0.145 e. The first kappa shape index (κ1) is 64.4. The molecule has 0 amide bonds. The molecule has 0 spiro atoms. The van der Waals surface area contributed by atoms with Crippen molar-refractivity contribution in [1.29, 1.82) is 0 Å². The zero-order valence-corrected chi connectivity index (χ0v) is 58.9. The Labute approximate surface area is 622 Å². The molecule has 17 aromatic carbocycles. The summed E-state index contributed by atoms with van der Waals surface area (Å²) in [5, 5.41) is 7.54. The third-order valence-corrected chi connectivity index (χ3v) is 21.3. The van der Waals surface area contributed by atoms with Crippen LogP contribution in [0.1, 0.15) is 0 Å². The predicted octanol–water partition coefficient (Wildman–Crippen LogP) is 28.5. The summed E-state index contributed by atoms with van der Waals surface area (Å²) in [6, 6.07) is 152. The molecule has 19 aromatic rings. The van der Waals surface area contributed by atoms with Gasteiger partial charge in [-0.1, -0.05) is 309 Å². The monoisotopic (exact) mass is 1370 g/mol. The highest BCUT2D eigenvalue weighted by molar-refractivity contribution is 7.18. The average molecular weight is 1370 g/mol. The fourth-order valence-corrected chi connectivity index (χ4v) is 15.9. The summed E-state index contributed by atoms with van der Waals surface area (Å²) in [5.41, 5.74) is 25.5. The van der Waals surface area contributed by atoms with Gasteiger partial charge in [0.25, 0.3) is 0 Å². The van der Waals surface area contributed by atoms with Crippen LogP contribution < -0.4 is 9.80 Å². The van der Waals surface area contributed by atoms with Gasteiger partial charge in [0, 0.05) is 55.1 Å². The molecule has 2 aromatic heterocycles. The molecule has 4 nitrogen and oxygen atoms in total. The van der Waals surface area contributed by atoms with Crippen LogP contribution in [-0.2, 0) is 0 Å². The number of hydrogen-bond acceptors (Lipinski definition) is 4. The number of anilines is 6. The molecule has 2 heterocycles. The summed E-state index contributed by atoms with van der Waals surface area (Å²) in [7, 11) is 0. The lowest BCUT2D eigenvalue weighted by Gasteiger charge is -2.26. The van der Waals surface area contributed by atoms with Crippen LogP contribution in [0, 0.1) is 0 Å². The van der Waals surface area contributed by atoms with E-state index in [1.54, 1.807) is 0 Å². The van der Waals surface area contributed by atoms with Crippen molar-refractivity contribution in [3.05, 3.63) is 425 Å². The topological polar surface area (TPSA) is 24.3 Å². The molecule has 0 saturated carbocycles. The number of aromatic nitrogens is 2. The second kappa shape index (κ2) is 29.0. The number of hydrogen-bond donors (Lipinski definition) is 0. The molecule has 106 heavy (non-hydrogen) atoms. The second-order valence-corrected chi connectivity index (χ2v) is 27.7. The van der Waals surface area contributed by atoms with Crippen molar-refractivity contribution < 1.29 is 0 Å². The number of nitrogens with zero attached hydrogens (tertiary/aromatic N) is 4. The Bertz CT molecular complexity index is 6100. The normalized spacial score (nSPS) is 11.2. The van der Waals surface area contributed by atoms with Gasteiger partial charge in [0.05, 0.1) is 11.0 Å². The minimum absolute atomic E-state index is 0.945. The third-order valence-electron chi connectivity index (χ3n) is 20.1. The van der Waals surface area contributed by atoms with Gasteiger partial charge in [-0.15, -0.1) is 11.3 Å². The van der Waals surface area contributed by atoms with Gasteiger partial charge in [-0.25, -0.2) is 4.98 Å². The van der Waals surface area contributed by atoms with Gasteiger partial charge >= 0.3 is 0 Å². The fourth-order valence-electron chi connectivity index (χ4n) is 14.9. The largest absolute Gasteiger partial charge is 0.311 e. The second-order valence-electron chi connectivity index (χ2n) is 26.6. The van der Waals surface area contributed by atoms with E-state index in [0.717, 1.165) is 73.4 Å². The van der Waals surface area contributed by atoms with E-state index >= 15 is 0 Å². The first-order valence-corrected chi connectivity index (χ1v) is 36.9. The van der Waals surface area contributed by atoms with Crippen LogP contribution in [0.25, 0.3) is 137 Å². The fraction of sp³-hybridized carbons (Fsp3) is 0. The van der Waals surface area contributed by atoms with E-state index < -0.39 is 0 Å². The lowest BCUT2D eigenvalue weighted by Crippen LogP contribution is -2.10. The minimum atomic E-state index is 0.945. The number of imidazole rings is 1. The molecule has 0 fully saturated rings. The molecule has 0 N–H and O–H groups in total. The zero-order valence-electron chi connectivity index (χ0n) is 58.1. The number of rotatable bonds is 15. The van der Waals surface area contributed by atoms with Crippen LogP contribution in [0.4, 0.5) is 34.1 Å². The van der Waals surface area contributed by atoms with Gasteiger partial charge in [-0.05, 0) is 214 Å². The van der Waals surface area contributed by atoms with Crippen LogP contribution >= 0.6 is 11.3 Å². The van der Waals surface area contributed by atoms with Gasteiger partial charge < -0.3 is 9.80 Å². The van der Waals surface area contributed by atoms with Crippen molar-refractivity contribution in [3.63, 3.8) is 0 Å². The SMILES string of the molecule is c1ccc(-c2ccc(N(c3ccc(-c4ccccc4)cc3)c3ccc(-c4ccc(N(c5ccccc5)c5ccc(-c6ccc(-c7ccccc7)s6)cc5)cc4)cc3)cc2)cc1.c1ccc(-c2nc3ccccc3n2-c2ccc(-c3c4ccccc4c(-c4ccc5ccccc5c4)c4ccccc34)cc2)cc1. The van der Waals surface area contributed by atoms with Crippen molar-refractivity contribution in [2.75, 3.05) is 9.80 Å². The van der Waals surface area contributed by atoms with Gasteiger partial charge in [0.1, 0.15) is 5.82 Å². The summed E-state index contributed by atoms with van der Waals surface area (Å²) in [4.78, 5) is 12.2. The van der Waals surface area contributed by atoms with E-state index in [0.29, 0.717) is 0 Å². The number of benzene rings is 17. The molecule has 0 unspecified atom stereocenters. The molecule has 500 valence electrons. The molecule has 0 atom stereocenters. The van der Waals surface area contributed by atoms with Crippen molar-refractivity contribution in [2.24, 2.45) is 0 Å².